The Hall–Kier alpha value is -5.28. The molecule has 0 aliphatic rings. The largest absolute Gasteiger partial charge is 0.305 e. The molecule has 8 aromatic rings. The van der Waals surface area contributed by atoms with Gasteiger partial charge in [0.25, 0.3) is 0 Å². The fourth-order valence-electron chi connectivity index (χ4n) is 6.20. The van der Waals surface area contributed by atoms with Gasteiger partial charge in [-0.3, -0.25) is 4.98 Å². The van der Waals surface area contributed by atoms with Gasteiger partial charge in [0, 0.05) is 44.1 Å². The van der Waals surface area contributed by atoms with Crippen LogP contribution in [0.1, 0.15) is 30.9 Å². The molecule has 49 heavy (non-hydrogen) atoms. The van der Waals surface area contributed by atoms with Crippen LogP contribution >= 0.6 is 0 Å². The maximum atomic E-state index is 4.72. The summed E-state index contributed by atoms with van der Waals surface area (Å²) in [6.07, 6.45) is 5.49. The smallest absolute Gasteiger partial charge is 0.0714 e. The Labute approximate surface area is 302 Å². The number of nitrogens with zero attached hydrogens (tertiary/aromatic N) is 3. The van der Waals surface area contributed by atoms with E-state index in [1.54, 1.807) is 6.20 Å². The SMILES string of the molecule is Cc1c(-c2cc[c-]c(-c3ccccn3)c2)cccc1-c1cc2ncccc2c2ccc(C(C)C)cc12.[Ir].[c-]1ccccc1-c1ccccn1. The number of pyridine rings is 3. The van der Waals surface area contributed by atoms with Gasteiger partial charge in [-0.05, 0) is 87.1 Å². The molecular weight excluding hydrogens is 775 g/mol. The maximum absolute atomic E-state index is 4.72. The standard InChI is InChI=1S/C34H27N2.C11H8N.Ir/c1-22(2)24-15-16-29-30-13-8-18-36-34(30)21-32(31(29)20-24)28-12-7-11-27(23(28)3)25-9-6-10-26(19-25)33-14-4-5-17-35-33;1-2-6-10(7-3-1)11-8-4-5-9-12-11;/h4-9,11-22H,1-3H3;1-6,8-9H;/q2*-1;. The summed E-state index contributed by atoms with van der Waals surface area (Å²) < 4.78 is 0. The van der Waals surface area contributed by atoms with Crippen molar-refractivity contribution >= 4 is 21.7 Å². The molecule has 8 rings (SSSR count). The second-order valence-electron chi connectivity index (χ2n) is 12.1. The minimum absolute atomic E-state index is 0. The topological polar surface area (TPSA) is 38.7 Å². The van der Waals surface area contributed by atoms with Crippen LogP contribution in [0, 0.1) is 19.1 Å². The van der Waals surface area contributed by atoms with Crippen molar-refractivity contribution in [1.82, 2.24) is 15.0 Å². The first-order valence-corrected chi connectivity index (χ1v) is 16.3. The number of aromatic nitrogens is 3. The van der Waals surface area contributed by atoms with Crippen LogP contribution in [-0.2, 0) is 20.1 Å². The molecule has 0 unspecified atom stereocenters. The Morgan fingerprint density at radius 1 is 0.510 bits per heavy atom. The average molecular weight is 810 g/mol. The molecule has 0 atom stereocenters. The number of benzene rings is 5. The Balaban J connectivity index is 0.000000270. The van der Waals surface area contributed by atoms with Crippen molar-refractivity contribution in [1.29, 1.82) is 0 Å². The van der Waals surface area contributed by atoms with Gasteiger partial charge in [0.1, 0.15) is 0 Å². The predicted octanol–water partition coefficient (Wildman–Crippen LogP) is 11.6. The molecule has 3 nitrogen and oxygen atoms in total. The maximum Gasteiger partial charge on any atom is 0.0714 e. The molecule has 0 aliphatic carbocycles. The minimum Gasteiger partial charge on any atom is -0.305 e. The number of hydrogen-bond donors (Lipinski definition) is 0. The zero-order chi connectivity index (χ0) is 32.9. The van der Waals surface area contributed by atoms with Crippen LogP contribution < -0.4 is 0 Å². The van der Waals surface area contributed by atoms with Crippen molar-refractivity contribution < 1.29 is 20.1 Å². The Kier molecular flexibility index (Phi) is 10.5. The van der Waals surface area contributed by atoms with Crippen molar-refractivity contribution in [3.63, 3.8) is 0 Å². The quantitative estimate of drug-likeness (QED) is 0.128. The van der Waals surface area contributed by atoms with Gasteiger partial charge in [0.05, 0.1) is 5.52 Å². The summed E-state index contributed by atoms with van der Waals surface area (Å²) in [6.45, 7) is 6.73. The molecule has 0 spiro atoms. The zero-order valence-electron chi connectivity index (χ0n) is 27.7. The Morgan fingerprint density at radius 3 is 1.94 bits per heavy atom. The summed E-state index contributed by atoms with van der Waals surface area (Å²) in [5, 5.41) is 3.72. The molecule has 0 fully saturated rings. The summed E-state index contributed by atoms with van der Waals surface area (Å²) in [5.41, 5.74) is 12.4. The third kappa shape index (κ3) is 7.27. The fraction of sp³-hybridized carbons (Fsp3) is 0.0889. The molecule has 3 heterocycles. The second-order valence-corrected chi connectivity index (χ2v) is 12.1. The van der Waals surface area contributed by atoms with E-state index in [-0.39, 0.29) is 20.1 Å². The van der Waals surface area contributed by atoms with E-state index in [4.69, 9.17) is 4.98 Å². The van der Waals surface area contributed by atoms with Crippen molar-refractivity contribution in [2.75, 3.05) is 0 Å². The third-order valence-corrected chi connectivity index (χ3v) is 8.74. The van der Waals surface area contributed by atoms with E-state index in [1.165, 1.54) is 49.5 Å². The fourth-order valence-corrected chi connectivity index (χ4v) is 6.20. The van der Waals surface area contributed by atoms with Crippen molar-refractivity contribution in [2.24, 2.45) is 0 Å². The van der Waals surface area contributed by atoms with Crippen LogP contribution in [0.15, 0.2) is 152 Å². The van der Waals surface area contributed by atoms with Gasteiger partial charge < -0.3 is 9.97 Å². The van der Waals surface area contributed by atoms with E-state index in [2.05, 4.69) is 104 Å². The summed E-state index contributed by atoms with van der Waals surface area (Å²) in [5.74, 6) is 0.463. The van der Waals surface area contributed by atoms with Crippen LogP contribution in [0.25, 0.3) is 66.4 Å². The molecule has 4 heteroatoms. The summed E-state index contributed by atoms with van der Waals surface area (Å²) in [6, 6.07) is 52.4. The molecule has 3 aromatic heterocycles. The third-order valence-electron chi connectivity index (χ3n) is 8.74. The Bertz CT molecular complexity index is 2280. The molecule has 1 radical (unpaired) electrons. The van der Waals surface area contributed by atoms with E-state index in [0.29, 0.717) is 5.92 Å². The van der Waals surface area contributed by atoms with E-state index in [1.807, 2.05) is 85.2 Å². The molecule has 0 amide bonds. The molecule has 0 saturated heterocycles. The van der Waals surface area contributed by atoms with E-state index < -0.39 is 0 Å². The van der Waals surface area contributed by atoms with E-state index in [9.17, 15) is 0 Å². The van der Waals surface area contributed by atoms with E-state index in [0.717, 1.165) is 28.0 Å². The van der Waals surface area contributed by atoms with Gasteiger partial charge in [0.2, 0.25) is 0 Å². The summed E-state index contributed by atoms with van der Waals surface area (Å²) in [4.78, 5) is 13.5. The Morgan fingerprint density at radius 2 is 1.22 bits per heavy atom. The number of hydrogen-bond acceptors (Lipinski definition) is 3. The van der Waals surface area contributed by atoms with Crippen LogP contribution in [0.4, 0.5) is 0 Å². The molecular formula is C45H35IrN3-2. The van der Waals surface area contributed by atoms with E-state index >= 15 is 0 Å². The zero-order valence-corrected chi connectivity index (χ0v) is 30.1. The first-order chi connectivity index (χ1) is 23.6. The second kappa shape index (κ2) is 15.3. The van der Waals surface area contributed by atoms with Crippen molar-refractivity contribution in [3.05, 3.63) is 175 Å². The average Bonchev–Trinajstić information content (AvgIpc) is 3.16. The van der Waals surface area contributed by atoms with Gasteiger partial charge >= 0.3 is 0 Å². The first kappa shape index (κ1) is 33.6. The summed E-state index contributed by atoms with van der Waals surface area (Å²) in [7, 11) is 0. The van der Waals surface area contributed by atoms with Crippen LogP contribution in [0.3, 0.4) is 0 Å². The summed E-state index contributed by atoms with van der Waals surface area (Å²) >= 11 is 0. The van der Waals surface area contributed by atoms with Crippen LogP contribution in [0.5, 0.6) is 0 Å². The monoisotopic (exact) mass is 810 g/mol. The number of rotatable bonds is 5. The van der Waals surface area contributed by atoms with Gasteiger partial charge in [0.15, 0.2) is 0 Å². The normalized spacial score (nSPS) is 10.8. The molecule has 5 aromatic carbocycles. The molecule has 0 N–H and O–H groups in total. The van der Waals surface area contributed by atoms with Crippen molar-refractivity contribution in [3.8, 4) is 44.8 Å². The molecule has 0 aliphatic heterocycles. The van der Waals surface area contributed by atoms with Gasteiger partial charge in [-0.25, -0.2) is 0 Å². The molecule has 0 bridgehead atoms. The molecule has 241 valence electrons. The van der Waals surface area contributed by atoms with Gasteiger partial charge in [-0.2, -0.15) is 0 Å². The first-order valence-electron chi connectivity index (χ1n) is 16.3. The minimum atomic E-state index is 0. The van der Waals surface area contributed by atoms with Gasteiger partial charge in [-0.1, -0.05) is 80.6 Å². The predicted molar refractivity (Wildman–Crippen MR) is 200 cm³/mol. The van der Waals surface area contributed by atoms with Crippen LogP contribution in [-0.4, -0.2) is 15.0 Å². The van der Waals surface area contributed by atoms with Crippen molar-refractivity contribution in [2.45, 2.75) is 26.7 Å². The van der Waals surface area contributed by atoms with Crippen LogP contribution in [0.2, 0.25) is 0 Å². The number of fused-ring (bicyclic) bond motifs is 3. The van der Waals surface area contributed by atoms with Gasteiger partial charge in [-0.15, -0.1) is 71.3 Å². The molecule has 0 saturated carbocycles.